The van der Waals surface area contributed by atoms with Crippen LogP contribution >= 0.6 is 12.4 Å². The summed E-state index contributed by atoms with van der Waals surface area (Å²) in [7, 11) is 1.87. The number of anilines is 1. The first-order chi connectivity index (χ1) is 9.60. The number of rotatable bonds is 5. The summed E-state index contributed by atoms with van der Waals surface area (Å²) in [5, 5.41) is 5.52. The number of carbonyl (C=O) groups excluding carboxylic acids is 1. The number of likely N-dealkylation sites (N-methyl/N-ethyl adjacent to an activating group) is 1. The second kappa shape index (κ2) is 8.26. The Hall–Kier alpha value is -1.24. The van der Waals surface area contributed by atoms with Gasteiger partial charge in [0.1, 0.15) is 11.6 Å². The van der Waals surface area contributed by atoms with Gasteiger partial charge < -0.3 is 10.6 Å². The lowest BCUT2D eigenvalue weighted by Crippen LogP contribution is -2.41. The Morgan fingerprint density at radius 2 is 2.19 bits per heavy atom. The van der Waals surface area contributed by atoms with E-state index in [-0.39, 0.29) is 30.5 Å². The van der Waals surface area contributed by atoms with E-state index in [1.54, 1.807) is 0 Å². The van der Waals surface area contributed by atoms with Crippen LogP contribution in [-0.4, -0.2) is 43.5 Å². The van der Waals surface area contributed by atoms with E-state index in [4.69, 9.17) is 0 Å². The summed E-state index contributed by atoms with van der Waals surface area (Å²) in [6, 6.07) is 3.34. The van der Waals surface area contributed by atoms with Gasteiger partial charge in [-0.25, -0.2) is 8.78 Å². The van der Waals surface area contributed by atoms with Crippen molar-refractivity contribution in [3.8, 4) is 0 Å². The minimum atomic E-state index is -0.632. The molecule has 0 aromatic heterocycles. The third-order valence-corrected chi connectivity index (χ3v) is 3.49. The largest absolute Gasteiger partial charge is 0.322 e. The molecule has 1 amide bonds. The van der Waals surface area contributed by atoms with Crippen molar-refractivity contribution in [3.63, 3.8) is 0 Å². The van der Waals surface area contributed by atoms with Gasteiger partial charge in [-0.15, -0.1) is 12.4 Å². The van der Waals surface area contributed by atoms with Crippen LogP contribution in [0.4, 0.5) is 14.5 Å². The van der Waals surface area contributed by atoms with Crippen LogP contribution in [-0.2, 0) is 4.79 Å². The fraction of sp³-hybridized carbons (Fsp3) is 0.500. The molecule has 0 bridgehead atoms. The maximum Gasteiger partial charge on any atom is 0.238 e. The first kappa shape index (κ1) is 17.8. The van der Waals surface area contributed by atoms with Crippen LogP contribution in [0.3, 0.4) is 0 Å². The van der Waals surface area contributed by atoms with Crippen LogP contribution in [0.25, 0.3) is 0 Å². The van der Waals surface area contributed by atoms with Gasteiger partial charge in [0, 0.05) is 18.7 Å². The smallest absolute Gasteiger partial charge is 0.238 e. The van der Waals surface area contributed by atoms with Crippen LogP contribution in [0.2, 0.25) is 0 Å². The van der Waals surface area contributed by atoms with Crippen LogP contribution in [0.5, 0.6) is 0 Å². The molecule has 0 radical (unpaired) electrons. The van der Waals surface area contributed by atoms with Crippen molar-refractivity contribution in [2.24, 2.45) is 0 Å². The van der Waals surface area contributed by atoms with E-state index < -0.39 is 11.6 Å². The molecule has 1 aromatic carbocycles. The van der Waals surface area contributed by atoms with Crippen molar-refractivity contribution in [1.29, 1.82) is 0 Å². The Bertz CT molecular complexity index is 487. The highest BCUT2D eigenvalue weighted by Gasteiger charge is 2.25. The minimum absolute atomic E-state index is 0. The van der Waals surface area contributed by atoms with Crippen molar-refractivity contribution >= 4 is 24.0 Å². The number of benzene rings is 1. The van der Waals surface area contributed by atoms with E-state index in [0.29, 0.717) is 6.04 Å². The van der Waals surface area contributed by atoms with Crippen molar-refractivity contribution in [3.05, 3.63) is 29.8 Å². The lowest BCUT2D eigenvalue weighted by Gasteiger charge is -2.23. The van der Waals surface area contributed by atoms with E-state index in [1.165, 1.54) is 0 Å². The van der Waals surface area contributed by atoms with Gasteiger partial charge in [0.2, 0.25) is 5.91 Å². The summed E-state index contributed by atoms with van der Waals surface area (Å²) in [4.78, 5) is 14.0. The molecule has 4 nitrogen and oxygen atoms in total. The monoisotopic (exact) mass is 319 g/mol. The molecule has 0 spiro atoms. The van der Waals surface area contributed by atoms with E-state index in [9.17, 15) is 13.6 Å². The van der Waals surface area contributed by atoms with Crippen LogP contribution < -0.4 is 10.6 Å². The first-order valence-corrected chi connectivity index (χ1v) is 6.73. The molecule has 0 saturated carbocycles. The zero-order chi connectivity index (χ0) is 14.5. The van der Waals surface area contributed by atoms with E-state index in [2.05, 4.69) is 15.5 Å². The molecule has 1 fully saturated rings. The molecular weight excluding hydrogens is 300 g/mol. The highest BCUT2D eigenvalue weighted by molar-refractivity contribution is 5.92. The number of likely N-dealkylation sites (tertiary alicyclic amines) is 1. The second-order valence-corrected chi connectivity index (χ2v) is 5.00. The van der Waals surface area contributed by atoms with Gasteiger partial charge in [0.15, 0.2) is 0 Å². The Morgan fingerprint density at radius 3 is 2.90 bits per heavy atom. The maximum absolute atomic E-state index is 13.4. The van der Waals surface area contributed by atoms with E-state index in [0.717, 1.165) is 44.1 Å². The molecule has 1 aliphatic heterocycles. The fourth-order valence-electron chi connectivity index (χ4n) is 2.54. The van der Waals surface area contributed by atoms with Crippen molar-refractivity contribution in [1.82, 2.24) is 10.2 Å². The molecule has 21 heavy (non-hydrogen) atoms. The predicted molar refractivity (Wildman–Crippen MR) is 80.8 cm³/mol. The molecule has 1 atom stereocenters. The van der Waals surface area contributed by atoms with Crippen LogP contribution in [0.1, 0.15) is 12.8 Å². The number of halogens is 3. The molecule has 7 heteroatoms. The van der Waals surface area contributed by atoms with Gasteiger partial charge in [0.25, 0.3) is 0 Å². The Morgan fingerprint density at radius 1 is 1.43 bits per heavy atom. The number of hydrogen-bond acceptors (Lipinski definition) is 3. The molecule has 1 aliphatic rings. The number of nitrogens with one attached hydrogen (secondary N) is 2. The molecule has 1 aromatic rings. The normalized spacial score (nSPS) is 18.3. The number of carbonyl (C=O) groups is 1. The average Bonchev–Trinajstić information content (AvgIpc) is 2.82. The molecule has 1 unspecified atom stereocenters. The Labute approximate surface area is 129 Å². The summed E-state index contributed by atoms with van der Waals surface area (Å²) >= 11 is 0. The van der Waals surface area contributed by atoms with Gasteiger partial charge in [-0.1, -0.05) is 0 Å². The lowest BCUT2D eigenvalue weighted by atomic mass is 10.2. The topological polar surface area (TPSA) is 44.4 Å². The highest BCUT2D eigenvalue weighted by Crippen LogP contribution is 2.18. The average molecular weight is 320 g/mol. The molecule has 1 saturated heterocycles. The minimum Gasteiger partial charge on any atom is -0.322 e. The number of amides is 1. The molecule has 2 N–H and O–H groups in total. The SMILES string of the molecule is CNCC1CCCN1CC(=O)Nc1cc(F)ccc1F.Cl. The van der Waals surface area contributed by atoms with Gasteiger partial charge in [0.05, 0.1) is 12.2 Å². The van der Waals surface area contributed by atoms with Crippen molar-refractivity contribution in [2.75, 3.05) is 32.0 Å². The third-order valence-electron chi connectivity index (χ3n) is 3.49. The summed E-state index contributed by atoms with van der Waals surface area (Å²) in [5.41, 5.74) is -0.112. The van der Waals surface area contributed by atoms with E-state index in [1.807, 2.05) is 7.05 Å². The molecular formula is C14H20ClF2N3O. The number of nitrogens with zero attached hydrogens (tertiary/aromatic N) is 1. The van der Waals surface area contributed by atoms with Crippen molar-refractivity contribution in [2.45, 2.75) is 18.9 Å². The predicted octanol–water partition coefficient (Wildman–Crippen LogP) is 2.01. The first-order valence-electron chi connectivity index (χ1n) is 6.73. The number of hydrogen-bond donors (Lipinski definition) is 2. The summed E-state index contributed by atoms with van der Waals surface area (Å²) < 4.78 is 26.5. The zero-order valence-corrected chi connectivity index (χ0v) is 12.7. The van der Waals surface area contributed by atoms with Crippen LogP contribution in [0, 0.1) is 11.6 Å². The fourth-order valence-corrected chi connectivity index (χ4v) is 2.54. The van der Waals surface area contributed by atoms with Gasteiger partial charge in [-0.2, -0.15) is 0 Å². The lowest BCUT2D eigenvalue weighted by molar-refractivity contribution is -0.117. The molecule has 0 aliphatic carbocycles. The third kappa shape index (κ3) is 4.91. The quantitative estimate of drug-likeness (QED) is 0.872. The van der Waals surface area contributed by atoms with Crippen LogP contribution in [0.15, 0.2) is 18.2 Å². The Balaban J connectivity index is 0.00000220. The molecule has 1 heterocycles. The van der Waals surface area contributed by atoms with Gasteiger partial charge in [-0.3, -0.25) is 9.69 Å². The van der Waals surface area contributed by atoms with Gasteiger partial charge >= 0.3 is 0 Å². The highest BCUT2D eigenvalue weighted by atomic mass is 35.5. The second-order valence-electron chi connectivity index (χ2n) is 5.00. The zero-order valence-electron chi connectivity index (χ0n) is 11.9. The maximum atomic E-state index is 13.4. The van der Waals surface area contributed by atoms with Gasteiger partial charge in [-0.05, 0) is 38.6 Å². The standard InChI is InChI=1S/C14H19F2N3O.ClH/c1-17-8-11-3-2-6-19(11)9-14(20)18-13-7-10(15)4-5-12(13)16;/h4-5,7,11,17H,2-3,6,8-9H2,1H3,(H,18,20);1H. The molecule has 2 rings (SSSR count). The van der Waals surface area contributed by atoms with E-state index >= 15 is 0 Å². The summed E-state index contributed by atoms with van der Waals surface area (Å²) in [5.74, 6) is -1.53. The molecule has 118 valence electrons. The summed E-state index contributed by atoms with van der Waals surface area (Å²) in [6.07, 6.45) is 2.09. The van der Waals surface area contributed by atoms with Crippen molar-refractivity contribution < 1.29 is 13.6 Å². The Kier molecular flexibility index (Phi) is 7.01. The summed E-state index contributed by atoms with van der Waals surface area (Å²) in [6.45, 7) is 1.87.